The number of anilines is 1. The third-order valence-electron chi connectivity index (χ3n) is 5.30. The average molecular weight is 400 g/mol. The van der Waals surface area contributed by atoms with E-state index in [-0.39, 0.29) is 36.2 Å². The van der Waals surface area contributed by atoms with Gasteiger partial charge >= 0.3 is 0 Å². The van der Waals surface area contributed by atoms with Gasteiger partial charge in [-0.25, -0.2) is 0 Å². The SMILES string of the molecule is CC(C)C(=O)Nc1ccc(Cl)c(C(=O)N(C)C2CC3CCC(C2)N3)c1.Cl. The first-order valence-electron chi connectivity index (χ1n) is 8.98. The van der Waals surface area contributed by atoms with Crippen LogP contribution < -0.4 is 10.6 Å². The molecule has 2 saturated heterocycles. The predicted octanol–water partition coefficient (Wildman–Crippen LogP) is 3.71. The number of carbonyl (C=O) groups excluding carboxylic acids is 2. The van der Waals surface area contributed by atoms with Crippen LogP contribution in [0.4, 0.5) is 5.69 Å². The molecule has 0 radical (unpaired) electrons. The maximum Gasteiger partial charge on any atom is 0.255 e. The molecule has 5 nitrogen and oxygen atoms in total. The van der Waals surface area contributed by atoms with Crippen molar-refractivity contribution in [1.82, 2.24) is 10.2 Å². The van der Waals surface area contributed by atoms with E-state index >= 15 is 0 Å². The zero-order valence-electron chi connectivity index (χ0n) is 15.4. The van der Waals surface area contributed by atoms with Gasteiger partial charge in [0.1, 0.15) is 0 Å². The molecule has 0 aromatic heterocycles. The highest BCUT2D eigenvalue weighted by molar-refractivity contribution is 6.34. The number of nitrogens with zero attached hydrogens (tertiary/aromatic N) is 1. The van der Waals surface area contributed by atoms with Gasteiger partial charge in [-0.15, -0.1) is 12.4 Å². The molecular formula is C19H27Cl2N3O2. The molecule has 26 heavy (non-hydrogen) atoms. The van der Waals surface area contributed by atoms with Gasteiger partial charge in [-0.1, -0.05) is 25.4 Å². The van der Waals surface area contributed by atoms with Gasteiger partial charge in [0.15, 0.2) is 0 Å². The Balaban J connectivity index is 0.00000243. The number of rotatable bonds is 4. The van der Waals surface area contributed by atoms with Crippen LogP contribution in [0.15, 0.2) is 18.2 Å². The summed E-state index contributed by atoms with van der Waals surface area (Å²) in [6, 6.07) is 6.35. The first-order valence-corrected chi connectivity index (χ1v) is 9.36. The Morgan fingerprint density at radius 2 is 1.85 bits per heavy atom. The van der Waals surface area contributed by atoms with Crippen LogP contribution in [-0.2, 0) is 4.79 Å². The number of carbonyl (C=O) groups is 2. The topological polar surface area (TPSA) is 61.4 Å². The lowest BCUT2D eigenvalue weighted by Gasteiger charge is -2.35. The summed E-state index contributed by atoms with van der Waals surface area (Å²) in [4.78, 5) is 26.7. The van der Waals surface area contributed by atoms with Crippen LogP contribution >= 0.6 is 24.0 Å². The molecule has 1 aromatic carbocycles. The molecule has 2 atom stereocenters. The number of hydrogen-bond acceptors (Lipinski definition) is 3. The highest BCUT2D eigenvalue weighted by Crippen LogP contribution is 2.31. The number of nitrogens with one attached hydrogen (secondary N) is 2. The van der Waals surface area contributed by atoms with Crippen LogP contribution in [0.3, 0.4) is 0 Å². The van der Waals surface area contributed by atoms with Gasteiger partial charge in [0.2, 0.25) is 5.91 Å². The lowest BCUT2D eigenvalue weighted by Crippen LogP contribution is -2.48. The maximum atomic E-state index is 13.0. The Labute approximate surface area is 166 Å². The van der Waals surface area contributed by atoms with E-state index in [1.807, 2.05) is 25.8 Å². The van der Waals surface area contributed by atoms with Gasteiger partial charge in [-0.05, 0) is 43.9 Å². The van der Waals surface area contributed by atoms with Crippen LogP contribution in [-0.4, -0.2) is 41.9 Å². The van der Waals surface area contributed by atoms with Crippen molar-refractivity contribution in [1.29, 1.82) is 0 Å². The molecule has 3 rings (SSSR count). The average Bonchev–Trinajstić information content (AvgIpc) is 2.93. The molecule has 2 N–H and O–H groups in total. The van der Waals surface area contributed by atoms with Crippen LogP contribution in [0.2, 0.25) is 5.02 Å². The molecule has 0 aliphatic carbocycles. The number of piperidine rings is 1. The molecule has 2 fully saturated rings. The first kappa shape index (κ1) is 21.0. The van der Waals surface area contributed by atoms with E-state index in [4.69, 9.17) is 11.6 Å². The number of hydrogen-bond donors (Lipinski definition) is 2. The number of fused-ring (bicyclic) bond motifs is 2. The summed E-state index contributed by atoms with van der Waals surface area (Å²) in [5.74, 6) is -0.288. The molecule has 144 valence electrons. The minimum Gasteiger partial charge on any atom is -0.339 e. The minimum atomic E-state index is -0.122. The van der Waals surface area contributed by atoms with Crippen LogP contribution in [0.25, 0.3) is 0 Å². The number of amides is 2. The highest BCUT2D eigenvalue weighted by Gasteiger charge is 2.36. The summed E-state index contributed by atoms with van der Waals surface area (Å²) in [6.07, 6.45) is 4.36. The molecule has 2 amide bonds. The fourth-order valence-corrected chi connectivity index (χ4v) is 3.95. The van der Waals surface area contributed by atoms with Crippen molar-refractivity contribution < 1.29 is 9.59 Å². The van der Waals surface area contributed by atoms with Gasteiger partial charge in [-0.3, -0.25) is 9.59 Å². The Hall–Kier alpha value is -1.30. The van der Waals surface area contributed by atoms with Crippen LogP contribution in [0, 0.1) is 5.92 Å². The van der Waals surface area contributed by atoms with Crippen molar-refractivity contribution >= 4 is 41.5 Å². The third kappa shape index (κ3) is 4.51. The molecule has 2 heterocycles. The van der Waals surface area contributed by atoms with Gasteiger partial charge in [0, 0.05) is 36.8 Å². The van der Waals surface area contributed by atoms with E-state index in [2.05, 4.69) is 10.6 Å². The van der Waals surface area contributed by atoms with Crippen molar-refractivity contribution in [3.63, 3.8) is 0 Å². The third-order valence-corrected chi connectivity index (χ3v) is 5.63. The molecule has 2 aliphatic rings. The second kappa shape index (κ2) is 8.59. The summed E-state index contributed by atoms with van der Waals surface area (Å²) in [5, 5.41) is 6.84. The molecule has 7 heteroatoms. The van der Waals surface area contributed by atoms with Crippen molar-refractivity contribution in [2.75, 3.05) is 12.4 Å². The van der Waals surface area contributed by atoms with Gasteiger partial charge < -0.3 is 15.5 Å². The normalized spacial score (nSPS) is 24.1. The fourth-order valence-electron chi connectivity index (χ4n) is 3.75. The van der Waals surface area contributed by atoms with E-state index in [0.29, 0.717) is 28.4 Å². The zero-order valence-corrected chi connectivity index (χ0v) is 17.0. The second-order valence-corrected chi connectivity index (χ2v) is 7.92. The molecule has 2 unspecified atom stereocenters. The van der Waals surface area contributed by atoms with Crippen LogP contribution in [0.5, 0.6) is 0 Å². The fraction of sp³-hybridized carbons (Fsp3) is 0.579. The van der Waals surface area contributed by atoms with E-state index in [0.717, 1.165) is 12.8 Å². The second-order valence-electron chi connectivity index (χ2n) is 7.52. The Kier molecular flexibility index (Phi) is 6.94. The van der Waals surface area contributed by atoms with Gasteiger partial charge in [0.05, 0.1) is 10.6 Å². The van der Waals surface area contributed by atoms with Crippen LogP contribution in [0.1, 0.15) is 49.9 Å². The Morgan fingerprint density at radius 3 is 2.42 bits per heavy atom. The van der Waals surface area contributed by atoms with E-state index in [1.54, 1.807) is 18.2 Å². The lowest BCUT2D eigenvalue weighted by molar-refractivity contribution is -0.118. The Morgan fingerprint density at radius 1 is 1.23 bits per heavy atom. The molecular weight excluding hydrogens is 373 g/mol. The number of benzene rings is 1. The molecule has 0 saturated carbocycles. The quantitative estimate of drug-likeness (QED) is 0.810. The smallest absolute Gasteiger partial charge is 0.255 e. The molecule has 0 spiro atoms. The largest absolute Gasteiger partial charge is 0.339 e. The molecule has 1 aromatic rings. The molecule has 2 bridgehead atoms. The first-order chi connectivity index (χ1) is 11.8. The maximum absolute atomic E-state index is 13.0. The summed E-state index contributed by atoms with van der Waals surface area (Å²) in [5.41, 5.74) is 1.04. The van der Waals surface area contributed by atoms with Gasteiger partial charge in [-0.2, -0.15) is 0 Å². The summed E-state index contributed by atoms with van der Waals surface area (Å²) >= 11 is 6.27. The molecule has 2 aliphatic heterocycles. The van der Waals surface area contributed by atoms with E-state index in [9.17, 15) is 9.59 Å². The van der Waals surface area contributed by atoms with Crippen molar-refractivity contribution in [2.24, 2.45) is 5.92 Å². The zero-order chi connectivity index (χ0) is 18.1. The predicted molar refractivity (Wildman–Crippen MR) is 107 cm³/mol. The van der Waals surface area contributed by atoms with E-state index < -0.39 is 0 Å². The monoisotopic (exact) mass is 399 g/mol. The number of halogens is 2. The summed E-state index contributed by atoms with van der Waals surface area (Å²) in [7, 11) is 1.85. The minimum absolute atomic E-state index is 0. The van der Waals surface area contributed by atoms with Crippen molar-refractivity contribution in [3.05, 3.63) is 28.8 Å². The van der Waals surface area contributed by atoms with Crippen molar-refractivity contribution in [3.8, 4) is 0 Å². The van der Waals surface area contributed by atoms with E-state index in [1.165, 1.54) is 12.8 Å². The van der Waals surface area contributed by atoms with Crippen molar-refractivity contribution in [2.45, 2.75) is 57.7 Å². The Bertz CT molecular complexity index is 669. The summed E-state index contributed by atoms with van der Waals surface area (Å²) in [6.45, 7) is 3.66. The summed E-state index contributed by atoms with van der Waals surface area (Å²) < 4.78 is 0. The highest BCUT2D eigenvalue weighted by atomic mass is 35.5. The van der Waals surface area contributed by atoms with Gasteiger partial charge in [0.25, 0.3) is 5.91 Å². The standard InChI is InChI=1S/C19H26ClN3O2.ClH/c1-11(2)18(24)22-14-6-7-17(20)16(10-14)19(25)23(3)15-8-12-4-5-13(9-15)21-12;/h6-7,10-13,15,21H,4-5,8-9H2,1-3H3,(H,22,24);1H. The lowest BCUT2D eigenvalue weighted by atomic mass is 9.98.